The quantitative estimate of drug-likeness (QED) is 0.769. The molecule has 0 aliphatic carbocycles. The molecule has 0 fully saturated rings. The van der Waals surface area contributed by atoms with Crippen molar-refractivity contribution in [3.8, 4) is 17.6 Å². The van der Waals surface area contributed by atoms with E-state index in [1.54, 1.807) is 12.1 Å². The van der Waals surface area contributed by atoms with Crippen LogP contribution in [0, 0.1) is 18.3 Å². The summed E-state index contributed by atoms with van der Waals surface area (Å²) in [7, 11) is 0. The van der Waals surface area contributed by atoms with Crippen LogP contribution in [0.15, 0.2) is 42.5 Å². The smallest absolute Gasteiger partial charge is 0.131 e. The van der Waals surface area contributed by atoms with E-state index in [4.69, 9.17) is 10.00 Å². The second kappa shape index (κ2) is 5.38. The first-order valence-corrected chi connectivity index (χ1v) is 6.69. The Bertz CT molecular complexity index is 643. The minimum Gasteiger partial charge on any atom is -0.457 e. The van der Waals surface area contributed by atoms with Gasteiger partial charge in [-0.1, -0.05) is 32.9 Å². The van der Waals surface area contributed by atoms with Crippen molar-refractivity contribution in [1.29, 1.82) is 5.26 Å². The third-order valence-corrected chi connectivity index (χ3v) is 3.16. The van der Waals surface area contributed by atoms with Crippen molar-refractivity contribution in [2.24, 2.45) is 0 Å². The SMILES string of the molecule is Cc1ccc(C(C)(C)C)c(Oc2ccc(C#N)cc2)c1. The Kier molecular flexibility index (Phi) is 3.81. The Morgan fingerprint density at radius 2 is 1.65 bits per heavy atom. The zero-order chi connectivity index (χ0) is 14.8. The highest BCUT2D eigenvalue weighted by molar-refractivity contribution is 5.45. The lowest BCUT2D eigenvalue weighted by Crippen LogP contribution is -2.12. The average molecular weight is 265 g/mol. The fourth-order valence-corrected chi connectivity index (χ4v) is 2.06. The van der Waals surface area contributed by atoms with Gasteiger partial charge < -0.3 is 4.74 Å². The van der Waals surface area contributed by atoms with Gasteiger partial charge in [0.05, 0.1) is 11.6 Å². The maximum absolute atomic E-state index is 8.81. The zero-order valence-electron chi connectivity index (χ0n) is 12.4. The fraction of sp³-hybridized carbons (Fsp3) is 0.278. The molecule has 2 aromatic rings. The Labute approximate surface area is 120 Å². The molecule has 0 aliphatic rings. The van der Waals surface area contributed by atoms with E-state index in [1.807, 2.05) is 12.1 Å². The maximum Gasteiger partial charge on any atom is 0.131 e. The van der Waals surface area contributed by atoms with Crippen LogP contribution in [0.3, 0.4) is 0 Å². The molecule has 0 radical (unpaired) electrons. The number of nitrogens with zero attached hydrogens (tertiary/aromatic N) is 1. The van der Waals surface area contributed by atoms with Crippen molar-refractivity contribution in [3.63, 3.8) is 0 Å². The van der Waals surface area contributed by atoms with E-state index in [0.717, 1.165) is 11.5 Å². The second-order valence-corrected chi connectivity index (χ2v) is 5.99. The van der Waals surface area contributed by atoms with Gasteiger partial charge in [-0.3, -0.25) is 0 Å². The van der Waals surface area contributed by atoms with E-state index in [0.29, 0.717) is 5.56 Å². The lowest BCUT2D eigenvalue weighted by Gasteiger charge is -2.23. The third-order valence-electron chi connectivity index (χ3n) is 3.16. The molecular formula is C18H19NO. The summed E-state index contributed by atoms with van der Waals surface area (Å²) in [5, 5.41) is 8.81. The van der Waals surface area contributed by atoms with E-state index in [9.17, 15) is 0 Å². The van der Waals surface area contributed by atoms with Crippen LogP contribution in [0.4, 0.5) is 0 Å². The monoisotopic (exact) mass is 265 g/mol. The van der Waals surface area contributed by atoms with Gasteiger partial charge in [0.25, 0.3) is 0 Å². The zero-order valence-corrected chi connectivity index (χ0v) is 12.4. The van der Waals surface area contributed by atoms with Gasteiger partial charge in [0.2, 0.25) is 0 Å². The number of nitriles is 1. The van der Waals surface area contributed by atoms with Crippen LogP contribution in [0.5, 0.6) is 11.5 Å². The van der Waals surface area contributed by atoms with Crippen LogP contribution in [-0.4, -0.2) is 0 Å². The molecular weight excluding hydrogens is 246 g/mol. The fourth-order valence-electron chi connectivity index (χ4n) is 2.06. The Hall–Kier alpha value is -2.27. The van der Waals surface area contributed by atoms with Gasteiger partial charge in [0.15, 0.2) is 0 Å². The largest absolute Gasteiger partial charge is 0.457 e. The van der Waals surface area contributed by atoms with Crippen LogP contribution in [-0.2, 0) is 5.41 Å². The predicted molar refractivity (Wildman–Crippen MR) is 81.1 cm³/mol. The van der Waals surface area contributed by atoms with E-state index >= 15 is 0 Å². The first-order chi connectivity index (χ1) is 9.40. The molecule has 0 N–H and O–H groups in total. The molecule has 2 nitrogen and oxygen atoms in total. The predicted octanol–water partition coefficient (Wildman–Crippen LogP) is 4.96. The van der Waals surface area contributed by atoms with Gasteiger partial charge in [-0.25, -0.2) is 0 Å². The van der Waals surface area contributed by atoms with E-state index in [1.165, 1.54) is 11.1 Å². The maximum atomic E-state index is 8.81. The molecule has 0 bridgehead atoms. The summed E-state index contributed by atoms with van der Waals surface area (Å²) in [5.41, 5.74) is 3.00. The molecule has 0 spiro atoms. The van der Waals surface area contributed by atoms with Crippen LogP contribution < -0.4 is 4.74 Å². The molecule has 102 valence electrons. The molecule has 2 rings (SSSR count). The molecule has 2 aromatic carbocycles. The molecule has 0 heterocycles. The Balaban J connectivity index is 2.37. The van der Waals surface area contributed by atoms with Gasteiger partial charge in [-0.15, -0.1) is 0 Å². The van der Waals surface area contributed by atoms with Crippen molar-refractivity contribution >= 4 is 0 Å². The lowest BCUT2D eigenvalue weighted by molar-refractivity contribution is 0.455. The van der Waals surface area contributed by atoms with E-state index < -0.39 is 0 Å². The standard InChI is InChI=1S/C18H19NO/c1-13-5-10-16(18(2,3)4)17(11-13)20-15-8-6-14(12-19)7-9-15/h5-11H,1-4H3. The van der Waals surface area contributed by atoms with Gasteiger partial charge >= 0.3 is 0 Å². The number of aryl methyl sites for hydroxylation is 1. The summed E-state index contributed by atoms with van der Waals surface area (Å²) < 4.78 is 6.01. The van der Waals surface area contributed by atoms with Crippen molar-refractivity contribution in [3.05, 3.63) is 59.2 Å². The van der Waals surface area contributed by atoms with E-state index in [2.05, 4.69) is 52.0 Å². The van der Waals surface area contributed by atoms with Gasteiger partial charge in [-0.05, 0) is 48.2 Å². The Morgan fingerprint density at radius 3 is 2.20 bits per heavy atom. The van der Waals surface area contributed by atoms with Crippen molar-refractivity contribution in [2.45, 2.75) is 33.1 Å². The van der Waals surface area contributed by atoms with Crippen molar-refractivity contribution in [2.75, 3.05) is 0 Å². The van der Waals surface area contributed by atoms with Crippen molar-refractivity contribution in [1.82, 2.24) is 0 Å². The molecule has 0 unspecified atom stereocenters. The first-order valence-electron chi connectivity index (χ1n) is 6.69. The third kappa shape index (κ3) is 3.19. The highest BCUT2D eigenvalue weighted by Gasteiger charge is 2.19. The molecule has 0 atom stereocenters. The van der Waals surface area contributed by atoms with Crippen LogP contribution in [0.2, 0.25) is 0 Å². The summed E-state index contributed by atoms with van der Waals surface area (Å²) in [5.74, 6) is 1.63. The molecule has 0 saturated heterocycles. The highest BCUT2D eigenvalue weighted by atomic mass is 16.5. The summed E-state index contributed by atoms with van der Waals surface area (Å²) in [6.45, 7) is 8.56. The number of ether oxygens (including phenoxy) is 1. The number of hydrogen-bond donors (Lipinski definition) is 0. The lowest BCUT2D eigenvalue weighted by atomic mass is 9.86. The molecule has 0 aromatic heterocycles. The van der Waals surface area contributed by atoms with Crippen LogP contribution >= 0.6 is 0 Å². The topological polar surface area (TPSA) is 33.0 Å². The van der Waals surface area contributed by atoms with Gasteiger partial charge in [0, 0.05) is 5.56 Å². The average Bonchev–Trinajstić information content (AvgIpc) is 2.38. The molecule has 0 saturated carbocycles. The normalized spacial score (nSPS) is 10.9. The highest BCUT2D eigenvalue weighted by Crippen LogP contribution is 2.34. The van der Waals surface area contributed by atoms with Crippen molar-refractivity contribution < 1.29 is 4.74 Å². The molecule has 0 aliphatic heterocycles. The minimum atomic E-state index is 0.0234. The molecule has 0 amide bonds. The first kappa shape index (κ1) is 14.1. The molecule has 20 heavy (non-hydrogen) atoms. The van der Waals surface area contributed by atoms with Crippen LogP contribution in [0.1, 0.15) is 37.5 Å². The van der Waals surface area contributed by atoms with Crippen LogP contribution in [0.25, 0.3) is 0 Å². The molecule has 2 heteroatoms. The van der Waals surface area contributed by atoms with E-state index in [-0.39, 0.29) is 5.41 Å². The van der Waals surface area contributed by atoms with Gasteiger partial charge in [0.1, 0.15) is 11.5 Å². The second-order valence-electron chi connectivity index (χ2n) is 5.99. The summed E-state index contributed by atoms with van der Waals surface area (Å²) in [6, 6.07) is 15.6. The summed E-state index contributed by atoms with van der Waals surface area (Å²) >= 11 is 0. The number of hydrogen-bond acceptors (Lipinski definition) is 2. The summed E-state index contributed by atoms with van der Waals surface area (Å²) in [4.78, 5) is 0. The minimum absolute atomic E-state index is 0.0234. The Morgan fingerprint density at radius 1 is 1.00 bits per heavy atom. The number of benzene rings is 2. The van der Waals surface area contributed by atoms with Gasteiger partial charge in [-0.2, -0.15) is 5.26 Å². The summed E-state index contributed by atoms with van der Waals surface area (Å²) in [6.07, 6.45) is 0. The number of rotatable bonds is 2.